The molecule has 29 heavy (non-hydrogen) atoms. The monoisotopic (exact) mass is 478 g/mol. The summed E-state index contributed by atoms with van der Waals surface area (Å²) in [6.45, 7) is 8.05. The van der Waals surface area contributed by atoms with E-state index in [0.29, 0.717) is 0 Å². The van der Waals surface area contributed by atoms with Crippen molar-refractivity contribution in [3.8, 4) is 0 Å². The quantitative estimate of drug-likeness (QED) is 0.613. The molecular weight excluding hydrogens is 452 g/mol. The fraction of sp³-hybridized carbons (Fsp3) is 0.368. The van der Waals surface area contributed by atoms with E-state index in [9.17, 15) is 8.42 Å². The van der Waals surface area contributed by atoms with Gasteiger partial charge in [0.25, 0.3) is 18.1 Å². The Morgan fingerprint density at radius 1 is 0.828 bits per heavy atom. The van der Waals surface area contributed by atoms with E-state index < -0.39 is 18.1 Å². The van der Waals surface area contributed by atoms with Crippen molar-refractivity contribution in [1.82, 2.24) is 0 Å². The van der Waals surface area contributed by atoms with Crippen molar-refractivity contribution in [3.63, 3.8) is 0 Å². The van der Waals surface area contributed by atoms with Gasteiger partial charge in [0.05, 0.1) is 13.2 Å². The molecule has 10 heteroatoms. The van der Waals surface area contributed by atoms with Crippen LogP contribution >= 0.6 is 0 Å². The molecule has 6 nitrogen and oxygen atoms in total. The number of benzene rings is 2. The summed E-state index contributed by atoms with van der Waals surface area (Å²) in [5, 5.41) is 0. The molecule has 0 saturated heterocycles. The Labute approximate surface area is 183 Å². The molecule has 2 unspecified atom stereocenters. The molecule has 0 amide bonds. The normalized spacial score (nSPS) is 15.0. The zero-order chi connectivity index (χ0) is 22.2. The first-order valence-electron chi connectivity index (χ1n) is 8.68. The molecule has 2 aromatic rings. The topological polar surface area (TPSA) is 93.1 Å². The lowest BCUT2D eigenvalue weighted by Gasteiger charge is -2.07. The van der Waals surface area contributed by atoms with Crippen LogP contribution in [0.2, 0.25) is 0 Å². The fourth-order valence-corrected chi connectivity index (χ4v) is 3.38. The molecule has 0 radical (unpaired) electrons. The molecule has 0 aliphatic carbocycles. The summed E-state index contributed by atoms with van der Waals surface area (Å²) in [4.78, 5) is 0. The second-order valence-corrected chi connectivity index (χ2v) is 11.2. The van der Waals surface area contributed by atoms with Crippen LogP contribution in [0, 0.1) is 20.8 Å². The molecule has 2 rings (SSSR count). The molecule has 0 bridgehead atoms. The number of rotatable bonds is 7. The molecule has 0 aromatic heterocycles. The third kappa shape index (κ3) is 11.7. The van der Waals surface area contributed by atoms with Crippen LogP contribution in [0.5, 0.6) is 0 Å². The summed E-state index contributed by atoms with van der Waals surface area (Å²) < 4.78 is 48.3. The van der Waals surface area contributed by atoms with Crippen molar-refractivity contribution in [1.29, 1.82) is 0 Å². The maximum absolute atomic E-state index is 10.8. The Bertz CT molecular complexity index is 1010. The average molecular weight is 479 g/mol. The van der Waals surface area contributed by atoms with Crippen LogP contribution in [-0.2, 0) is 68.5 Å². The maximum atomic E-state index is 10.8. The number of hydrogen-bond acceptors (Lipinski definition) is 6. The molecule has 0 fully saturated rings. The van der Waals surface area contributed by atoms with E-state index in [4.69, 9.17) is 13.3 Å². The molecule has 0 saturated carbocycles. The lowest BCUT2D eigenvalue weighted by Crippen LogP contribution is -2.03. The van der Waals surface area contributed by atoms with Crippen LogP contribution < -0.4 is 0 Å². The van der Waals surface area contributed by atoms with Gasteiger partial charge in [-0.3, -0.25) is 17.5 Å². The standard InChI is InChI=1S/C10H14O3S2.C9H12O3S2/c1-3-9-5-4-8(2)10(6-9)7-13-15(11,12)14;1-7-3-8(2)5-9(4-7)6-12-14(10,11)13/h4-6H,3,7H2,1-2H3,(H,11,12,14);3-5H,6H2,1-2H3,(H,10,11,13). The molecule has 0 heterocycles. The fourth-order valence-electron chi connectivity index (χ4n) is 2.53. The summed E-state index contributed by atoms with van der Waals surface area (Å²) in [5.41, 5.74) is 6.16. The molecule has 2 N–H and O–H groups in total. The van der Waals surface area contributed by atoms with Gasteiger partial charge in [-0.2, -0.15) is 8.42 Å². The third-order valence-electron chi connectivity index (χ3n) is 3.84. The number of aryl methyl sites for hydroxylation is 4. The van der Waals surface area contributed by atoms with E-state index >= 15 is 0 Å². The average Bonchev–Trinajstić information content (AvgIpc) is 2.58. The van der Waals surface area contributed by atoms with E-state index in [1.165, 1.54) is 5.56 Å². The second kappa shape index (κ2) is 11.4. The van der Waals surface area contributed by atoms with Crippen LogP contribution in [0.3, 0.4) is 0 Å². The van der Waals surface area contributed by atoms with Crippen LogP contribution in [0.15, 0.2) is 36.4 Å². The van der Waals surface area contributed by atoms with E-state index in [1.807, 2.05) is 57.2 Å². The van der Waals surface area contributed by atoms with Gasteiger partial charge in [0.1, 0.15) is 0 Å². The lowest BCUT2D eigenvalue weighted by atomic mass is 10.0. The Morgan fingerprint density at radius 2 is 1.34 bits per heavy atom. The smallest absolute Gasteiger partial charge is 0.266 e. The molecule has 0 spiro atoms. The van der Waals surface area contributed by atoms with Crippen LogP contribution in [0.1, 0.15) is 40.3 Å². The lowest BCUT2D eigenvalue weighted by molar-refractivity contribution is 0.293. The molecule has 162 valence electrons. The van der Waals surface area contributed by atoms with Crippen molar-refractivity contribution in [3.05, 3.63) is 69.8 Å². The zero-order valence-corrected chi connectivity index (χ0v) is 20.0. The summed E-state index contributed by atoms with van der Waals surface area (Å²) >= 11 is 8.46. The summed E-state index contributed by atoms with van der Waals surface area (Å²) in [5.74, 6) is 0. The van der Waals surface area contributed by atoms with Crippen molar-refractivity contribution < 1.29 is 25.9 Å². The minimum absolute atomic E-state index is 0.0708. The van der Waals surface area contributed by atoms with Crippen molar-refractivity contribution in [2.45, 2.75) is 47.3 Å². The SMILES string of the molecule is CCc1ccc(C)c(COS(=O)(O)=S)c1.Cc1cc(C)cc(COS(=O)(O)=S)c1. The van der Waals surface area contributed by atoms with Crippen molar-refractivity contribution in [2.24, 2.45) is 0 Å². The van der Waals surface area contributed by atoms with Crippen LogP contribution in [-0.4, -0.2) is 17.5 Å². The molecule has 0 aliphatic rings. The van der Waals surface area contributed by atoms with Gasteiger partial charge in [-0.1, -0.05) is 54.4 Å². The molecular formula is C19H26O6S4. The van der Waals surface area contributed by atoms with E-state index in [0.717, 1.165) is 34.2 Å². The van der Waals surface area contributed by atoms with Gasteiger partial charge < -0.3 is 0 Å². The van der Waals surface area contributed by atoms with Crippen LogP contribution in [0.4, 0.5) is 0 Å². The van der Waals surface area contributed by atoms with Gasteiger partial charge in [-0.25, -0.2) is 0 Å². The largest absolute Gasteiger partial charge is 0.285 e. The maximum Gasteiger partial charge on any atom is 0.266 e. The predicted molar refractivity (Wildman–Crippen MR) is 122 cm³/mol. The highest BCUT2D eigenvalue weighted by molar-refractivity contribution is 8.27. The van der Waals surface area contributed by atoms with Gasteiger partial charge in [-0.05, 0) is 49.4 Å². The third-order valence-corrected chi connectivity index (χ3v) is 5.25. The first-order chi connectivity index (χ1) is 13.3. The van der Waals surface area contributed by atoms with Crippen molar-refractivity contribution >= 4 is 40.5 Å². The Morgan fingerprint density at radius 3 is 1.83 bits per heavy atom. The highest BCUT2D eigenvalue weighted by atomic mass is 32.9. The first-order valence-corrected chi connectivity index (χ1v) is 13.4. The molecule has 2 aromatic carbocycles. The van der Waals surface area contributed by atoms with Crippen LogP contribution in [0.25, 0.3) is 0 Å². The van der Waals surface area contributed by atoms with Gasteiger partial charge in [0.2, 0.25) is 0 Å². The van der Waals surface area contributed by atoms with E-state index in [-0.39, 0.29) is 13.2 Å². The van der Waals surface area contributed by atoms with Gasteiger partial charge >= 0.3 is 0 Å². The second-order valence-electron chi connectivity index (χ2n) is 6.49. The predicted octanol–water partition coefficient (Wildman–Crippen LogP) is 4.16. The van der Waals surface area contributed by atoms with Crippen molar-refractivity contribution in [2.75, 3.05) is 0 Å². The van der Waals surface area contributed by atoms with Gasteiger partial charge in [0, 0.05) is 22.4 Å². The van der Waals surface area contributed by atoms with Gasteiger partial charge in [0.15, 0.2) is 0 Å². The Hall–Kier alpha value is -0.980. The first kappa shape index (κ1) is 26.1. The van der Waals surface area contributed by atoms with Gasteiger partial charge in [-0.15, -0.1) is 0 Å². The zero-order valence-electron chi connectivity index (χ0n) is 16.7. The van der Waals surface area contributed by atoms with E-state index in [1.54, 1.807) is 0 Å². The summed E-state index contributed by atoms with van der Waals surface area (Å²) in [7, 11) is -7.04. The minimum Gasteiger partial charge on any atom is -0.285 e. The minimum atomic E-state index is -3.53. The highest BCUT2D eigenvalue weighted by Crippen LogP contribution is 2.14. The summed E-state index contributed by atoms with van der Waals surface area (Å²) in [6.07, 6.45) is 0.926. The van der Waals surface area contributed by atoms with E-state index in [2.05, 4.69) is 33.5 Å². The molecule has 0 aliphatic heterocycles. The molecule has 2 atom stereocenters. The Kier molecular flexibility index (Phi) is 10.3. The Balaban J connectivity index is 0.000000291. The summed E-state index contributed by atoms with van der Waals surface area (Å²) in [6, 6.07) is 11.8. The highest BCUT2D eigenvalue weighted by Gasteiger charge is 2.05. The number of hydrogen-bond donors (Lipinski definition) is 2.